The number of benzene rings is 1. The molecular formula is C16H15ClN4O2. The number of halogens is 1. The Balaban J connectivity index is 2.01. The van der Waals surface area contributed by atoms with Crippen molar-refractivity contribution in [1.82, 2.24) is 14.9 Å². The Kier molecular flexibility index (Phi) is 3.92. The number of nitrogens with one attached hydrogen (secondary N) is 1. The van der Waals surface area contributed by atoms with Gasteiger partial charge >= 0.3 is 0 Å². The molecule has 0 spiro atoms. The van der Waals surface area contributed by atoms with Crippen LogP contribution in [-0.4, -0.2) is 20.8 Å². The Hall–Kier alpha value is -2.60. The maximum atomic E-state index is 12.7. The van der Waals surface area contributed by atoms with E-state index in [2.05, 4.69) is 15.6 Å². The summed E-state index contributed by atoms with van der Waals surface area (Å²) in [6.45, 7) is 3.51. The van der Waals surface area contributed by atoms with E-state index in [0.717, 1.165) is 0 Å². The van der Waals surface area contributed by atoms with Gasteiger partial charge in [0.05, 0.1) is 10.6 Å². The monoisotopic (exact) mass is 330 g/mol. The molecule has 0 radical (unpaired) electrons. The molecule has 3 rings (SSSR count). The van der Waals surface area contributed by atoms with Crippen molar-refractivity contribution in [3.63, 3.8) is 0 Å². The molecule has 0 bridgehead atoms. The summed E-state index contributed by atoms with van der Waals surface area (Å²) in [4.78, 5) is 12.7. The lowest BCUT2D eigenvalue weighted by Gasteiger charge is -2.06. The number of carbonyl (C=O) groups excluding carboxylic acids is 1. The number of hydrogen-bond acceptors (Lipinski definition) is 4. The second-order valence-electron chi connectivity index (χ2n) is 5.20. The normalized spacial score (nSPS) is 10.8. The Labute approximate surface area is 138 Å². The number of carbonyl (C=O) groups is 1. The molecule has 1 N–H and O–H groups in total. The molecule has 0 atom stereocenters. The second-order valence-corrected chi connectivity index (χ2v) is 5.61. The van der Waals surface area contributed by atoms with E-state index in [0.29, 0.717) is 39.0 Å². The van der Waals surface area contributed by atoms with Crippen LogP contribution < -0.4 is 5.32 Å². The number of rotatable bonds is 3. The van der Waals surface area contributed by atoms with Crippen molar-refractivity contribution in [2.75, 3.05) is 5.32 Å². The molecule has 0 aliphatic heterocycles. The van der Waals surface area contributed by atoms with E-state index in [-0.39, 0.29) is 5.91 Å². The number of amides is 1. The first-order chi connectivity index (χ1) is 11.0. The fourth-order valence-corrected chi connectivity index (χ4v) is 2.57. The van der Waals surface area contributed by atoms with Crippen LogP contribution in [0.15, 0.2) is 35.0 Å². The third kappa shape index (κ3) is 2.85. The number of aromatic nitrogens is 3. The van der Waals surface area contributed by atoms with Crippen LogP contribution in [-0.2, 0) is 7.05 Å². The third-order valence-corrected chi connectivity index (χ3v) is 3.80. The molecule has 1 amide bonds. The molecular weight excluding hydrogens is 316 g/mol. The summed E-state index contributed by atoms with van der Waals surface area (Å²) < 4.78 is 6.65. The number of aryl methyl sites for hydroxylation is 3. The third-order valence-electron chi connectivity index (χ3n) is 3.47. The topological polar surface area (TPSA) is 73.0 Å². The number of anilines is 1. The number of nitrogens with zero attached hydrogens (tertiary/aromatic N) is 3. The molecule has 6 nitrogen and oxygen atoms in total. The Morgan fingerprint density at radius 1 is 1.30 bits per heavy atom. The van der Waals surface area contributed by atoms with Crippen molar-refractivity contribution in [2.45, 2.75) is 13.8 Å². The first-order valence-electron chi connectivity index (χ1n) is 7.00. The van der Waals surface area contributed by atoms with Gasteiger partial charge in [0.15, 0.2) is 5.76 Å². The lowest BCUT2D eigenvalue weighted by Crippen LogP contribution is -2.13. The van der Waals surface area contributed by atoms with Crippen LogP contribution in [0.1, 0.15) is 21.8 Å². The SMILES string of the molecule is Cc1noc(C)c1NC(=O)c1cn(C)nc1-c1ccccc1Cl. The van der Waals surface area contributed by atoms with Crippen molar-refractivity contribution >= 4 is 23.2 Å². The van der Waals surface area contributed by atoms with Crippen molar-refractivity contribution in [2.24, 2.45) is 7.05 Å². The first kappa shape index (κ1) is 15.3. The van der Waals surface area contributed by atoms with Gasteiger partial charge in [-0.05, 0) is 19.9 Å². The summed E-state index contributed by atoms with van der Waals surface area (Å²) in [6, 6.07) is 7.28. The second kappa shape index (κ2) is 5.89. The van der Waals surface area contributed by atoms with Gasteiger partial charge < -0.3 is 9.84 Å². The van der Waals surface area contributed by atoms with Gasteiger partial charge in [0, 0.05) is 18.8 Å². The van der Waals surface area contributed by atoms with Crippen LogP contribution in [0.3, 0.4) is 0 Å². The summed E-state index contributed by atoms with van der Waals surface area (Å²) in [5.41, 5.74) is 2.87. The molecule has 3 aromatic rings. The van der Waals surface area contributed by atoms with Crippen molar-refractivity contribution in [3.05, 3.63) is 52.5 Å². The lowest BCUT2D eigenvalue weighted by molar-refractivity contribution is 0.102. The molecule has 1 aromatic carbocycles. The molecule has 7 heteroatoms. The van der Waals surface area contributed by atoms with Crippen LogP contribution in [0.4, 0.5) is 5.69 Å². The van der Waals surface area contributed by atoms with Gasteiger partial charge in [-0.15, -0.1) is 0 Å². The maximum Gasteiger partial charge on any atom is 0.259 e. The quantitative estimate of drug-likeness (QED) is 0.796. The summed E-state index contributed by atoms with van der Waals surface area (Å²) in [6.07, 6.45) is 1.66. The van der Waals surface area contributed by atoms with E-state index >= 15 is 0 Å². The summed E-state index contributed by atoms with van der Waals surface area (Å²) in [5.74, 6) is 0.265. The Bertz CT molecular complexity index is 863. The molecule has 0 saturated heterocycles. The van der Waals surface area contributed by atoms with Crippen molar-refractivity contribution in [3.8, 4) is 11.3 Å². The van der Waals surface area contributed by atoms with Crippen LogP contribution in [0.25, 0.3) is 11.3 Å². The highest BCUT2D eigenvalue weighted by Crippen LogP contribution is 2.30. The highest BCUT2D eigenvalue weighted by atomic mass is 35.5. The summed E-state index contributed by atoms with van der Waals surface area (Å²) in [7, 11) is 1.76. The van der Waals surface area contributed by atoms with Crippen molar-refractivity contribution < 1.29 is 9.32 Å². The lowest BCUT2D eigenvalue weighted by atomic mass is 10.1. The minimum Gasteiger partial charge on any atom is -0.359 e. The van der Waals surface area contributed by atoms with E-state index in [1.54, 1.807) is 37.8 Å². The largest absolute Gasteiger partial charge is 0.359 e. The molecule has 0 fully saturated rings. The predicted molar refractivity (Wildman–Crippen MR) is 87.6 cm³/mol. The molecule has 23 heavy (non-hydrogen) atoms. The molecule has 0 aliphatic carbocycles. The molecule has 0 saturated carbocycles. The van der Waals surface area contributed by atoms with Crippen LogP contribution in [0.2, 0.25) is 5.02 Å². The van der Waals surface area contributed by atoms with Gasteiger partial charge in [-0.1, -0.05) is 35.0 Å². The molecule has 2 heterocycles. The van der Waals surface area contributed by atoms with Crippen LogP contribution in [0.5, 0.6) is 0 Å². The minimum absolute atomic E-state index is 0.289. The van der Waals surface area contributed by atoms with Crippen LogP contribution >= 0.6 is 11.6 Å². The Morgan fingerprint density at radius 2 is 2.04 bits per heavy atom. The molecule has 0 aliphatic rings. The fourth-order valence-electron chi connectivity index (χ4n) is 2.35. The van der Waals surface area contributed by atoms with E-state index in [1.165, 1.54) is 0 Å². The molecule has 2 aromatic heterocycles. The smallest absolute Gasteiger partial charge is 0.259 e. The Morgan fingerprint density at radius 3 is 2.70 bits per heavy atom. The van der Waals surface area contributed by atoms with E-state index < -0.39 is 0 Å². The van der Waals surface area contributed by atoms with E-state index in [4.69, 9.17) is 16.1 Å². The van der Waals surface area contributed by atoms with Gasteiger partial charge in [-0.3, -0.25) is 9.48 Å². The number of hydrogen-bond donors (Lipinski definition) is 1. The predicted octanol–water partition coefficient (Wildman–Crippen LogP) is 3.60. The maximum absolute atomic E-state index is 12.7. The zero-order valence-electron chi connectivity index (χ0n) is 12.9. The average molecular weight is 331 g/mol. The van der Waals surface area contributed by atoms with Crippen molar-refractivity contribution in [1.29, 1.82) is 0 Å². The molecule has 0 unspecified atom stereocenters. The van der Waals surface area contributed by atoms with Gasteiger partial charge in [0.1, 0.15) is 17.1 Å². The zero-order valence-corrected chi connectivity index (χ0v) is 13.7. The summed E-state index contributed by atoms with van der Waals surface area (Å²) in [5, 5.41) is 11.6. The van der Waals surface area contributed by atoms with E-state index in [1.807, 2.05) is 18.2 Å². The summed E-state index contributed by atoms with van der Waals surface area (Å²) >= 11 is 6.23. The zero-order chi connectivity index (χ0) is 16.6. The average Bonchev–Trinajstić information content (AvgIpc) is 3.05. The van der Waals surface area contributed by atoms with Gasteiger partial charge in [-0.2, -0.15) is 5.10 Å². The van der Waals surface area contributed by atoms with Gasteiger partial charge in [0.25, 0.3) is 5.91 Å². The van der Waals surface area contributed by atoms with Crippen LogP contribution in [0, 0.1) is 13.8 Å². The fraction of sp³-hybridized carbons (Fsp3) is 0.188. The minimum atomic E-state index is -0.289. The highest BCUT2D eigenvalue weighted by molar-refractivity contribution is 6.33. The van der Waals surface area contributed by atoms with Gasteiger partial charge in [-0.25, -0.2) is 0 Å². The standard InChI is InChI=1S/C16H15ClN4O2/c1-9-14(10(2)23-20-9)18-16(22)12-8-21(3)19-15(12)11-6-4-5-7-13(11)17/h4-8H,1-3H3,(H,18,22). The molecule has 118 valence electrons. The first-order valence-corrected chi connectivity index (χ1v) is 7.38. The van der Waals surface area contributed by atoms with E-state index in [9.17, 15) is 4.79 Å². The van der Waals surface area contributed by atoms with Gasteiger partial charge in [0.2, 0.25) is 0 Å². The highest BCUT2D eigenvalue weighted by Gasteiger charge is 2.21.